The van der Waals surface area contributed by atoms with Crippen LogP contribution in [-0.4, -0.2) is 91.5 Å². The van der Waals surface area contributed by atoms with Crippen molar-refractivity contribution >= 4 is 0 Å². The largest absolute Gasteiger partial charge is 0.381 e. The molecule has 0 rings (SSSR count). The second kappa shape index (κ2) is 27.3. The predicted octanol–water partition coefficient (Wildman–Crippen LogP) is 7.30. The number of hydrogen-bond donors (Lipinski definition) is 0. The zero-order valence-electron chi connectivity index (χ0n) is 28.8. The van der Waals surface area contributed by atoms with Crippen LogP contribution in [0.5, 0.6) is 0 Å². The minimum Gasteiger partial charge on any atom is -0.381 e. The van der Waals surface area contributed by atoms with E-state index in [2.05, 4.69) is 69.2 Å². The van der Waals surface area contributed by atoms with Gasteiger partial charge in [-0.1, -0.05) is 82.1 Å². The third kappa shape index (κ3) is 24.8. The Labute approximate surface area is 255 Å². The van der Waals surface area contributed by atoms with E-state index in [1.54, 1.807) is 0 Å². The lowest BCUT2D eigenvalue weighted by Gasteiger charge is -2.22. The van der Waals surface area contributed by atoms with E-state index in [1.807, 2.05) is 0 Å². The van der Waals surface area contributed by atoms with Gasteiger partial charge >= 0.3 is 0 Å². The molecule has 0 fully saturated rings. The van der Waals surface area contributed by atoms with Crippen LogP contribution in [0.1, 0.15) is 94.9 Å². The predicted molar refractivity (Wildman–Crippen MR) is 170 cm³/mol. The molecule has 0 N–H and O–H groups in total. The van der Waals surface area contributed by atoms with Crippen LogP contribution >= 0.6 is 0 Å². The highest BCUT2D eigenvalue weighted by atomic mass is 16.5. The zero-order chi connectivity index (χ0) is 30.9. The van der Waals surface area contributed by atoms with Crippen molar-refractivity contribution in [3.63, 3.8) is 0 Å². The average Bonchev–Trinajstić information content (AvgIpc) is 2.96. The Morgan fingerprint density at radius 1 is 0.293 bits per heavy atom. The minimum absolute atomic E-state index is 0.108. The molecule has 0 aromatic carbocycles. The molecule has 0 aromatic heterocycles. The van der Waals surface area contributed by atoms with Gasteiger partial charge in [0.1, 0.15) is 0 Å². The molecule has 0 aliphatic carbocycles. The molecule has 7 nitrogen and oxygen atoms in total. The van der Waals surface area contributed by atoms with E-state index in [0.29, 0.717) is 88.4 Å². The highest BCUT2D eigenvalue weighted by Crippen LogP contribution is 2.10. The van der Waals surface area contributed by atoms with E-state index in [4.69, 9.17) is 33.2 Å². The second-order valence-electron chi connectivity index (χ2n) is 12.9. The Hall–Kier alpha value is -0.280. The Kier molecular flexibility index (Phi) is 27.1. The summed E-state index contributed by atoms with van der Waals surface area (Å²) < 4.78 is 41.6. The van der Waals surface area contributed by atoms with Gasteiger partial charge in [-0.05, 0) is 24.7 Å². The van der Waals surface area contributed by atoms with Crippen molar-refractivity contribution in [1.29, 1.82) is 0 Å². The molecule has 0 amide bonds. The smallest absolute Gasteiger partial charge is 0.0806 e. The van der Waals surface area contributed by atoms with E-state index >= 15 is 0 Å². The van der Waals surface area contributed by atoms with Crippen LogP contribution in [0.25, 0.3) is 0 Å². The van der Waals surface area contributed by atoms with Crippen molar-refractivity contribution in [1.82, 2.24) is 0 Å². The maximum Gasteiger partial charge on any atom is 0.0806 e. The van der Waals surface area contributed by atoms with Crippen LogP contribution in [0.3, 0.4) is 0 Å². The number of ether oxygens (including phenoxy) is 7. The summed E-state index contributed by atoms with van der Waals surface area (Å²) in [6, 6.07) is 0. The molecule has 0 aliphatic rings. The van der Waals surface area contributed by atoms with E-state index < -0.39 is 0 Å². The normalized spacial score (nSPS) is 18.0. The van der Waals surface area contributed by atoms with Crippen LogP contribution in [0.2, 0.25) is 0 Å². The fourth-order valence-corrected chi connectivity index (χ4v) is 3.81. The summed E-state index contributed by atoms with van der Waals surface area (Å²) in [7, 11) is 0. The molecule has 2 unspecified atom stereocenters. The Morgan fingerprint density at radius 2 is 0.537 bits per heavy atom. The molecule has 0 aliphatic heterocycles. The Balaban J connectivity index is 3.88. The first-order valence-corrected chi connectivity index (χ1v) is 16.8. The summed E-state index contributed by atoms with van der Waals surface area (Å²) in [6.07, 6.45) is 4.50. The number of hydrogen-bond acceptors (Lipinski definition) is 7. The van der Waals surface area contributed by atoms with Crippen molar-refractivity contribution in [2.75, 3.05) is 79.3 Å². The van der Waals surface area contributed by atoms with Gasteiger partial charge in [0, 0.05) is 36.9 Å². The van der Waals surface area contributed by atoms with Crippen LogP contribution in [-0.2, 0) is 33.2 Å². The monoisotopic (exact) mass is 591 g/mol. The first-order valence-electron chi connectivity index (χ1n) is 16.8. The lowest BCUT2D eigenvalue weighted by atomic mass is 10.1. The van der Waals surface area contributed by atoms with Gasteiger partial charge in [0.25, 0.3) is 0 Å². The molecule has 0 bridgehead atoms. The molecular formula is C34H70O7. The van der Waals surface area contributed by atoms with Crippen LogP contribution in [0, 0.1) is 35.5 Å². The molecule has 0 aromatic rings. The Bertz CT molecular complexity index is 549. The topological polar surface area (TPSA) is 64.6 Å². The van der Waals surface area contributed by atoms with E-state index in [0.717, 1.165) is 52.1 Å². The van der Waals surface area contributed by atoms with E-state index in [1.165, 1.54) is 0 Å². The quantitative estimate of drug-likeness (QED) is 0.0870. The third-order valence-corrected chi connectivity index (χ3v) is 7.36. The van der Waals surface area contributed by atoms with Gasteiger partial charge in [0.05, 0.1) is 78.3 Å². The van der Waals surface area contributed by atoms with Crippen LogP contribution < -0.4 is 0 Å². The van der Waals surface area contributed by atoms with Crippen molar-refractivity contribution in [3.05, 3.63) is 0 Å². The summed E-state index contributed by atoms with van der Waals surface area (Å²) in [5.41, 5.74) is 0. The molecule has 41 heavy (non-hydrogen) atoms. The number of rotatable bonds is 30. The summed E-state index contributed by atoms with van der Waals surface area (Å²) in [5, 5.41) is 0. The van der Waals surface area contributed by atoms with Gasteiger partial charge in [-0.2, -0.15) is 0 Å². The average molecular weight is 591 g/mol. The molecule has 248 valence electrons. The molecule has 0 radical (unpaired) electrons. The first-order chi connectivity index (χ1) is 19.6. The van der Waals surface area contributed by atoms with Crippen LogP contribution in [0.15, 0.2) is 0 Å². The van der Waals surface area contributed by atoms with E-state index in [9.17, 15) is 0 Å². The molecular weight excluding hydrogens is 520 g/mol. The van der Waals surface area contributed by atoms with Gasteiger partial charge in [-0.3, -0.25) is 0 Å². The van der Waals surface area contributed by atoms with Crippen LogP contribution in [0.4, 0.5) is 0 Å². The molecule has 0 saturated heterocycles. The third-order valence-electron chi connectivity index (χ3n) is 7.36. The lowest BCUT2D eigenvalue weighted by Crippen LogP contribution is -2.26. The highest BCUT2D eigenvalue weighted by molar-refractivity contribution is 4.60. The summed E-state index contributed by atoms with van der Waals surface area (Å²) in [6.45, 7) is 30.4. The van der Waals surface area contributed by atoms with Gasteiger partial charge in [-0.15, -0.1) is 0 Å². The van der Waals surface area contributed by atoms with E-state index in [-0.39, 0.29) is 12.2 Å². The first kappa shape index (κ1) is 40.7. The fraction of sp³-hybridized carbons (Fsp3) is 1.00. The maximum atomic E-state index is 6.12. The molecule has 0 saturated carbocycles. The molecule has 0 spiro atoms. The molecule has 0 heterocycles. The van der Waals surface area contributed by atoms with Gasteiger partial charge in [0.15, 0.2) is 0 Å². The summed E-state index contributed by atoms with van der Waals surface area (Å²) in [4.78, 5) is 0. The maximum absolute atomic E-state index is 6.12. The Morgan fingerprint density at radius 3 is 0.854 bits per heavy atom. The minimum atomic E-state index is 0.108. The van der Waals surface area contributed by atoms with Gasteiger partial charge < -0.3 is 33.2 Å². The molecule has 8 atom stereocenters. The highest BCUT2D eigenvalue weighted by Gasteiger charge is 2.14. The summed E-state index contributed by atoms with van der Waals surface area (Å²) >= 11 is 0. The van der Waals surface area contributed by atoms with Gasteiger partial charge in [0.2, 0.25) is 0 Å². The van der Waals surface area contributed by atoms with Crippen molar-refractivity contribution in [2.24, 2.45) is 35.5 Å². The summed E-state index contributed by atoms with van der Waals surface area (Å²) in [5.74, 6) is 2.66. The lowest BCUT2D eigenvalue weighted by molar-refractivity contribution is -0.0557. The van der Waals surface area contributed by atoms with Crippen molar-refractivity contribution < 1.29 is 33.2 Å². The molecule has 7 heteroatoms. The SMILES string of the molecule is CCC(COC[C@@H](C)COC[C@H](C)COCC(CC)OC[C@@H](C)COC[C@@H](C)COC[C@@H](C)CC)OC[C@@H](C)CC. The van der Waals surface area contributed by atoms with Gasteiger partial charge in [-0.25, -0.2) is 0 Å². The van der Waals surface area contributed by atoms with Crippen molar-refractivity contribution in [3.8, 4) is 0 Å². The van der Waals surface area contributed by atoms with Crippen molar-refractivity contribution in [2.45, 2.75) is 107 Å². The standard InChI is InChI=1S/C34H70O7/c1-11-27(5)15-35-16-29(7)17-37-22-32(10)24-41-34(14-4)26-39-21-31(9)19-36-18-30(8)20-38-25-33(13-3)40-23-28(6)12-2/h27-34H,11-26H2,1-10H3/t27-,28-,29-,30-,31-,32-,33?,34?/m0/s1. The zero-order valence-corrected chi connectivity index (χ0v) is 28.8. The second-order valence-corrected chi connectivity index (χ2v) is 12.9. The fourth-order valence-electron chi connectivity index (χ4n) is 3.81.